The van der Waals surface area contributed by atoms with Gasteiger partial charge in [-0.05, 0) is 29.8 Å². The first kappa shape index (κ1) is 21.4. The lowest BCUT2D eigenvalue weighted by Gasteiger charge is -2.41. The second-order valence-corrected chi connectivity index (χ2v) is 9.17. The van der Waals surface area contributed by atoms with Crippen LogP contribution in [0.5, 0.6) is 0 Å². The van der Waals surface area contributed by atoms with Gasteiger partial charge in [0.2, 0.25) is 0 Å². The van der Waals surface area contributed by atoms with Crippen molar-refractivity contribution in [2.75, 3.05) is 24.7 Å². The van der Waals surface area contributed by atoms with Crippen molar-refractivity contribution in [1.82, 2.24) is 0 Å². The summed E-state index contributed by atoms with van der Waals surface area (Å²) >= 11 is 7.35. The zero-order chi connectivity index (χ0) is 19.3. The summed E-state index contributed by atoms with van der Waals surface area (Å²) in [5, 5.41) is 6.71. The van der Waals surface area contributed by atoms with Gasteiger partial charge < -0.3 is 39.5 Å². The van der Waals surface area contributed by atoms with E-state index in [1.165, 1.54) is 16.2 Å². The van der Waals surface area contributed by atoms with E-state index >= 15 is 0 Å². The number of amides is 3. The minimum absolute atomic E-state index is 0. The maximum absolute atomic E-state index is 12.4. The number of likely N-dealkylation sites (N-methyl/N-ethyl adjacent to an activating group) is 1. The number of rotatable bonds is 3. The van der Waals surface area contributed by atoms with Gasteiger partial charge in [-0.2, -0.15) is 0 Å². The van der Waals surface area contributed by atoms with E-state index < -0.39 is 11.9 Å². The molecule has 0 aliphatic carbocycles. The first-order valence-electron chi connectivity index (χ1n) is 8.89. The predicted octanol–water partition coefficient (Wildman–Crippen LogP) is 0.984. The standard InChI is InChI=1S/C19H21ClN4O2S.HI/c1-24(2)12-7-8-14(24)16-13(9-12)15(17(21)25)18(27-16)23-19(26)22-11-5-3-10(20)4-6-11;/h3-6,12,14H,7-9H2,1-2H3,(H3-,21,22,23,25,26);1H. The van der Waals surface area contributed by atoms with E-state index in [0.29, 0.717) is 33.4 Å². The van der Waals surface area contributed by atoms with Crippen molar-refractivity contribution < 1.29 is 38.0 Å². The van der Waals surface area contributed by atoms with E-state index in [4.69, 9.17) is 17.3 Å². The predicted molar refractivity (Wildman–Crippen MR) is 109 cm³/mol. The third-order valence-corrected chi connectivity index (χ3v) is 7.37. The van der Waals surface area contributed by atoms with Crippen molar-refractivity contribution in [3.8, 4) is 0 Å². The Balaban J connectivity index is 0.00000225. The lowest BCUT2D eigenvalue weighted by molar-refractivity contribution is -0.932. The average molecular weight is 533 g/mol. The maximum Gasteiger partial charge on any atom is 0.324 e. The van der Waals surface area contributed by atoms with Crippen molar-refractivity contribution in [3.63, 3.8) is 0 Å². The highest BCUT2D eigenvalue weighted by molar-refractivity contribution is 7.17. The Bertz CT molecular complexity index is 929. The highest BCUT2D eigenvalue weighted by atomic mass is 127. The van der Waals surface area contributed by atoms with Crippen molar-refractivity contribution in [3.05, 3.63) is 45.3 Å². The van der Waals surface area contributed by atoms with Crippen LogP contribution in [0.15, 0.2) is 24.3 Å². The smallest absolute Gasteiger partial charge is 0.324 e. The molecule has 6 nitrogen and oxygen atoms in total. The number of nitrogens with zero attached hydrogens (tertiary/aromatic N) is 1. The monoisotopic (exact) mass is 532 g/mol. The first-order valence-corrected chi connectivity index (χ1v) is 10.1. The van der Waals surface area contributed by atoms with Gasteiger partial charge in [0.05, 0.1) is 30.6 Å². The average Bonchev–Trinajstić information content (AvgIpc) is 3.00. The number of benzene rings is 1. The molecule has 4 N–H and O–H groups in total. The summed E-state index contributed by atoms with van der Waals surface area (Å²) in [5.74, 6) is -0.485. The third kappa shape index (κ3) is 3.62. The Hall–Kier alpha value is -1.36. The summed E-state index contributed by atoms with van der Waals surface area (Å²) in [4.78, 5) is 25.8. The van der Waals surface area contributed by atoms with Gasteiger partial charge in [0.15, 0.2) is 0 Å². The van der Waals surface area contributed by atoms with Gasteiger partial charge in [-0.3, -0.25) is 10.1 Å². The van der Waals surface area contributed by atoms with Crippen LogP contribution in [0.25, 0.3) is 0 Å². The molecule has 1 saturated heterocycles. The van der Waals surface area contributed by atoms with Crippen LogP contribution in [-0.2, 0) is 6.42 Å². The molecule has 0 spiro atoms. The van der Waals surface area contributed by atoms with Gasteiger partial charge in [-0.25, -0.2) is 4.79 Å². The quantitative estimate of drug-likeness (QED) is 0.407. The molecule has 0 radical (unpaired) electrons. The molecule has 9 heteroatoms. The molecule has 1 aromatic heterocycles. The fourth-order valence-electron chi connectivity index (χ4n) is 4.38. The van der Waals surface area contributed by atoms with Gasteiger partial charge in [-0.15, -0.1) is 11.3 Å². The van der Waals surface area contributed by atoms with Crippen LogP contribution in [-0.4, -0.2) is 36.6 Å². The number of hydrogen-bond acceptors (Lipinski definition) is 3. The molecule has 2 aromatic rings. The van der Waals surface area contributed by atoms with Gasteiger partial charge in [0, 0.05) is 30.0 Å². The number of fused-ring (bicyclic) bond motifs is 4. The Morgan fingerprint density at radius 1 is 1.18 bits per heavy atom. The molecular weight excluding hydrogens is 511 g/mol. The maximum atomic E-state index is 12.4. The molecule has 4 rings (SSSR count). The van der Waals surface area contributed by atoms with E-state index in [9.17, 15) is 9.59 Å². The van der Waals surface area contributed by atoms with Crippen LogP contribution in [0, 0.1) is 0 Å². The van der Waals surface area contributed by atoms with Crippen LogP contribution in [0.4, 0.5) is 15.5 Å². The van der Waals surface area contributed by atoms with Gasteiger partial charge in [0.25, 0.3) is 5.91 Å². The van der Waals surface area contributed by atoms with Crippen LogP contribution >= 0.6 is 22.9 Å². The van der Waals surface area contributed by atoms with Gasteiger partial charge in [0.1, 0.15) is 11.0 Å². The first-order chi connectivity index (χ1) is 12.8. The van der Waals surface area contributed by atoms with E-state index in [1.54, 1.807) is 24.3 Å². The highest BCUT2D eigenvalue weighted by Crippen LogP contribution is 2.52. The number of carbonyl (C=O) groups excluding carboxylic acids is 2. The number of anilines is 2. The number of nitrogens with two attached hydrogens (primary N) is 1. The zero-order valence-electron chi connectivity index (χ0n) is 15.6. The molecule has 28 heavy (non-hydrogen) atoms. The minimum Gasteiger partial charge on any atom is -1.00 e. The van der Waals surface area contributed by atoms with E-state index in [-0.39, 0.29) is 24.0 Å². The summed E-state index contributed by atoms with van der Waals surface area (Å²) in [6.07, 6.45) is 3.07. The fourth-order valence-corrected chi connectivity index (χ4v) is 6.03. The van der Waals surface area contributed by atoms with Crippen molar-refractivity contribution in [1.29, 1.82) is 0 Å². The molecule has 2 aliphatic rings. The second kappa shape index (κ2) is 7.81. The molecule has 3 amide bonds. The number of hydrogen-bond donors (Lipinski definition) is 3. The van der Waals surface area contributed by atoms with Gasteiger partial charge >= 0.3 is 6.03 Å². The van der Waals surface area contributed by atoms with Crippen LogP contribution in [0.1, 0.15) is 39.7 Å². The number of thiophene rings is 1. The molecular formula is C19H22ClIN4O2S. The number of halogens is 2. The van der Waals surface area contributed by atoms with E-state index in [2.05, 4.69) is 24.7 Å². The van der Waals surface area contributed by atoms with Crippen LogP contribution < -0.4 is 40.3 Å². The molecule has 2 atom stereocenters. The Kier molecular flexibility index (Phi) is 5.96. The Labute approximate surface area is 190 Å². The molecule has 150 valence electrons. The lowest BCUT2D eigenvalue weighted by atomic mass is 9.95. The van der Waals surface area contributed by atoms with E-state index in [1.807, 2.05) is 0 Å². The van der Waals surface area contributed by atoms with Crippen LogP contribution in [0.2, 0.25) is 5.02 Å². The van der Waals surface area contributed by atoms with Gasteiger partial charge in [-0.1, -0.05) is 11.6 Å². The van der Waals surface area contributed by atoms with Crippen molar-refractivity contribution in [2.24, 2.45) is 5.73 Å². The summed E-state index contributed by atoms with van der Waals surface area (Å²) in [6.45, 7) is 0. The molecule has 3 heterocycles. The number of nitrogens with one attached hydrogen (secondary N) is 2. The summed E-state index contributed by atoms with van der Waals surface area (Å²) in [7, 11) is 4.49. The fraction of sp³-hybridized carbons (Fsp3) is 0.368. The molecule has 2 bridgehead atoms. The number of urea groups is 1. The third-order valence-electron chi connectivity index (χ3n) is 5.87. The summed E-state index contributed by atoms with van der Waals surface area (Å²) in [6, 6.07) is 7.28. The normalized spacial score (nSPS) is 21.4. The molecule has 2 unspecified atom stereocenters. The van der Waals surface area contributed by atoms with Crippen LogP contribution in [0.3, 0.4) is 0 Å². The molecule has 1 aromatic carbocycles. The molecule has 1 fully saturated rings. The largest absolute Gasteiger partial charge is 1.00 e. The van der Waals surface area contributed by atoms with E-state index in [0.717, 1.165) is 29.3 Å². The number of primary amides is 1. The lowest BCUT2D eigenvalue weighted by Crippen LogP contribution is -3.00. The molecule has 2 aliphatic heterocycles. The SMILES string of the molecule is C[N+]1(C)C2CCC1c1sc(NC(=O)Nc3ccc(Cl)cc3)c(C(N)=O)c1C2.[I-]. The minimum atomic E-state index is -0.485. The Morgan fingerprint density at radius 3 is 2.50 bits per heavy atom. The highest BCUT2D eigenvalue weighted by Gasteiger charge is 2.51. The molecule has 0 saturated carbocycles. The number of carbonyl (C=O) groups is 2. The van der Waals surface area contributed by atoms with Crippen molar-refractivity contribution in [2.45, 2.75) is 31.3 Å². The second-order valence-electron chi connectivity index (χ2n) is 7.68. The topological polar surface area (TPSA) is 84.2 Å². The zero-order valence-corrected chi connectivity index (χ0v) is 19.3. The Morgan fingerprint density at radius 2 is 1.86 bits per heavy atom. The summed E-state index contributed by atoms with van der Waals surface area (Å²) in [5.41, 5.74) is 7.80. The summed E-state index contributed by atoms with van der Waals surface area (Å²) < 4.78 is 0.933. The number of quaternary nitrogens is 1. The van der Waals surface area contributed by atoms with Crippen molar-refractivity contribution >= 4 is 45.6 Å².